The van der Waals surface area contributed by atoms with Crippen LogP contribution in [-0.2, 0) is 0 Å². The lowest BCUT2D eigenvalue weighted by molar-refractivity contribution is 0.0956. The highest BCUT2D eigenvalue weighted by Gasteiger charge is 2.21. The van der Waals surface area contributed by atoms with E-state index in [0.29, 0.717) is 5.02 Å². The number of halogens is 1. The summed E-state index contributed by atoms with van der Waals surface area (Å²) in [5.74, 6) is 0.0482. The van der Waals surface area contributed by atoms with Crippen LogP contribution in [0.5, 0.6) is 0 Å². The lowest BCUT2D eigenvalue weighted by Crippen LogP contribution is -2.13. The van der Waals surface area contributed by atoms with E-state index in [1.807, 2.05) is 56.3 Å². The maximum absolute atomic E-state index is 12.7. The summed E-state index contributed by atoms with van der Waals surface area (Å²) in [7, 11) is 0. The molecule has 0 radical (unpaired) electrons. The summed E-state index contributed by atoms with van der Waals surface area (Å²) in [5.41, 5.74) is 2.77. The second kappa shape index (κ2) is 6.03. The minimum absolute atomic E-state index is 0.0987. The average molecular weight is 273 g/mol. The summed E-state index contributed by atoms with van der Waals surface area (Å²) in [5, 5.41) is 0.608. The molecule has 0 aliphatic carbocycles. The zero-order chi connectivity index (χ0) is 13.8. The predicted molar refractivity (Wildman–Crippen MR) is 80.0 cm³/mol. The van der Waals surface area contributed by atoms with E-state index in [4.69, 9.17) is 11.6 Å². The highest BCUT2D eigenvalue weighted by Crippen LogP contribution is 2.27. The van der Waals surface area contributed by atoms with E-state index in [1.54, 1.807) is 6.07 Å². The number of ketones is 1. The van der Waals surface area contributed by atoms with Crippen molar-refractivity contribution in [2.75, 3.05) is 0 Å². The van der Waals surface area contributed by atoms with Gasteiger partial charge in [0.2, 0.25) is 0 Å². The zero-order valence-electron chi connectivity index (χ0n) is 11.2. The standard InChI is InChI=1S/C17H17ClO/c1-3-15(13-7-5-4-6-8-13)17(19)16-11-14(18)10-9-12(16)2/h4-11,15H,3H2,1-2H3. The van der Waals surface area contributed by atoms with Gasteiger partial charge < -0.3 is 0 Å². The molecule has 0 aliphatic heterocycles. The van der Waals surface area contributed by atoms with E-state index in [9.17, 15) is 4.79 Å². The number of rotatable bonds is 4. The molecule has 98 valence electrons. The first-order valence-electron chi connectivity index (χ1n) is 6.48. The molecule has 1 atom stereocenters. The van der Waals surface area contributed by atoms with Crippen molar-refractivity contribution in [3.63, 3.8) is 0 Å². The van der Waals surface area contributed by atoms with Crippen molar-refractivity contribution < 1.29 is 4.79 Å². The Morgan fingerprint density at radius 3 is 2.47 bits per heavy atom. The van der Waals surface area contributed by atoms with Gasteiger partial charge in [-0.25, -0.2) is 0 Å². The largest absolute Gasteiger partial charge is 0.293 e. The molecule has 0 heterocycles. The summed E-state index contributed by atoms with van der Waals surface area (Å²) >= 11 is 6.00. The Hall–Kier alpha value is -1.60. The monoisotopic (exact) mass is 272 g/mol. The Labute approximate surface area is 119 Å². The molecule has 2 rings (SSSR count). The van der Waals surface area contributed by atoms with Gasteiger partial charge in [0.15, 0.2) is 5.78 Å². The van der Waals surface area contributed by atoms with Crippen LogP contribution in [0.2, 0.25) is 5.02 Å². The first-order valence-corrected chi connectivity index (χ1v) is 6.86. The third kappa shape index (κ3) is 3.05. The molecule has 0 aromatic heterocycles. The lowest BCUT2D eigenvalue weighted by Gasteiger charge is -2.16. The van der Waals surface area contributed by atoms with Crippen LogP contribution in [0.3, 0.4) is 0 Å². The molecule has 0 amide bonds. The van der Waals surface area contributed by atoms with Crippen LogP contribution < -0.4 is 0 Å². The summed E-state index contributed by atoms with van der Waals surface area (Å²) < 4.78 is 0. The summed E-state index contributed by atoms with van der Waals surface area (Å²) in [6.45, 7) is 3.98. The molecular formula is C17H17ClO. The summed E-state index contributed by atoms with van der Waals surface area (Å²) in [6.07, 6.45) is 0.787. The van der Waals surface area contributed by atoms with Crippen LogP contribution >= 0.6 is 11.6 Å². The smallest absolute Gasteiger partial charge is 0.170 e. The van der Waals surface area contributed by atoms with Gasteiger partial charge >= 0.3 is 0 Å². The fourth-order valence-electron chi connectivity index (χ4n) is 2.31. The maximum Gasteiger partial charge on any atom is 0.170 e. The first kappa shape index (κ1) is 13.8. The van der Waals surface area contributed by atoms with Crippen molar-refractivity contribution in [1.29, 1.82) is 0 Å². The van der Waals surface area contributed by atoms with E-state index < -0.39 is 0 Å². The number of hydrogen-bond acceptors (Lipinski definition) is 1. The van der Waals surface area contributed by atoms with Gasteiger partial charge in [0, 0.05) is 16.5 Å². The van der Waals surface area contributed by atoms with E-state index in [2.05, 4.69) is 0 Å². The quantitative estimate of drug-likeness (QED) is 0.714. The van der Waals surface area contributed by atoms with E-state index in [0.717, 1.165) is 23.1 Å². The Morgan fingerprint density at radius 1 is 1.16 bits per heavy atom. The SMILES string of the molecule is CCC(C(=O)c1cc(Cl)ccc1C)c1ccccc1. The fraction of sp³-hybridized carbons (Fsp3) is 0.235. The van der Waals surface area contributed by atoms with Crippen LogP contribution in [-0.4, -0.2) is 5.78 Å². The molecule has 0 saturated heterocycles. The second-order valence-electron chi connectivity index (χ2n) is 4.70. The van der Waals surface area contributed by atoms with Gasteiger partial charge in [0.25, 0.3) is 0 Å². The minimum Gasteiger partial charge on any atom is -0.293 e. The molecule has 0 spiro atoms. The van der Waals surface area contributed by atoms with E-state index >= 15 is 0 Å². The van der Waals surface area contributed by atoms with Crippen LogP contribution in [0, 0.1) is 6.92 Å². The van der Waals surface area contributed by atoms with E-state index in [-0.39, 0.29) is 11.7 Å². The molecule has 2 heteroatoms. The molecule has 19 heavy (non-hydrogen) atoms. The minimum atomic E-state index is -0.0987. The maximum atomic E-state index is 12.7. The molecule has 0 bridgehead atoms. The predicted octanol–water partition coefficient (Wildman–Crippen LogP) is 5.02. The highest BCUT2D eigenvalue weighted by molar-refractivity contribution is 6.31. The van der Waals surface area contributed by atoms with Crippen molar-refractivity contribution in [2.45, 2.75) is 26.2 Å². The fourth-order valence-corrected chi connectivity index (χ4v) is 2.48. The van der Waals surface area contributed by atoms with Crippen LogP contribution in [0.4, 0.5) is 0 Å². The van der Waals surface area contributed by atoms with Crippen molar-refractivity contribution >= 4 is 17.4 Å². The van der Waals surface area contributed by atoms with Gasteiger partial charge in [-0.05, 0) is 36.6 Å². The van der Waals surface area contributed by atoms with Gasteiger partial charge in [0.05, 0.1) is 0 Å². The van der Waals surface area contributed by atoms with Gasteiger partial charge in [-0.15, -0.1) is 0 Å². The van der Waals surface area contributed by atoms with Crippen molar-refractivity contribution in [3.05, 3.63) is 70.2 Å². The number of carbonyl (C=O) groups is 1. The Balaban J connectivity index is 2.39. The van der Waals surface area contributed by atoms with Gasteiger partial charge in [-0.2, -0.15) is 0 Å². The number of hydrogen-bond donors (Lipinski definition) is 0. The lowest BCUT2D eigenvalue weighted by atomic mass is 9.87. The number of Topliss-reactive ketones (excluding diaryl/α,β-unsaturated/α-hetero) is 1. The average Bonchev–Trinajstić information content (AvgIpc) is 2.43. The molecule has 0 saturated carbocycles. The molecule has 0 N–H and O–H groups in total. The van der Waals surface area contributed by atoms with Crippen LogP contribution in [0.1, 0.15) is 40.7 Å². The Kier molecular flexibility index (Phi) is 4.39. The molecule has 0 fully saturated rings. The van der Waals surface area contributed by atoms with Gasteiger partial charge in [-0.3, -0.25) is 4.79 Å². The van der Waals surface area contributed by atoms with Crippen molar-refractivity contribution in [1.82, 2.24) is 0 Å². The third-order valence-corrected chi connectivity index (χ3v) is 3.63. The normalized spacial score (nSPS) is 12.2. The molecule has 1 nitrogen and oxygen atoms in total. The van der Waals surface area contributed by atoms with E-state index in [1.165, 1.54) is 0 Å². The Bertz CT molecular complexity index is 575. The number of benzene rings is 2. The van der Waals surface area contributed by atoms with Gasteiger partial charge in [0.1, 0.15) is 0 Å². The third-order valence-electron chi connectivity index (χ3n) is 3.39. The highest BCUT2D eigenvalue weighted by atomic mass is 35.5. The molecular weight excluding hydrogens is 256 g/mol. The first-order chi connectivity index (χ1) is 9.13. The number of aryl methyl sites for hydroxylation is 1. The molecule has 2 aromatic rings. The molecule has 1 unspecified atom stereocenters. The summed E-state index contributed by atoms with van der Waals surface area (Å²) in [4.78, 5) is 12.7. The molecule has 0 aliphatic rings. The van der Waals surface area contributed by atoms with Crippen molar-refractivity contribution in [3.8, 4) is 0 Å². The Morgan fingerprint density at radius 2 is 1.84 bits per heavy atom. The zero-order valence-corrected chi connectivity index (χ0v) is 11.9. The number of carbonyl (C=O) groups excluding carboxylic acids is 1. The summed E-state index contributed by atoms with van der Waals surface area (Å²) in [6, 6.07) is 15.4. The van der Waals surface area contributed by atoms with Crippen LogP contribution in [0.25, 0.3) is 0 Å². The topological polar surface area (TPSA) is 17.1 Å². The molecule has 2 aromatic carbocycles. The van der Waals surface area contributed by atoms with Crippen LogP contribution in [0.15, 0.2) is 48.5 Å². The second-order valence-corrected chi connectivity index (χ2v) is 5.13. The van der Waals surface area contributed by atoms with Gasteiger partial charge in [-0.1, -0.05) is 54.9 Å². The van der Waals surface area contributed by atoms with Crippen molar-refractivity contribution in [2.24, 2.45) is 0 Å².